The molecule has 0 aromatic carbocycles. The first kappa shape index (κ1) is 9.23. The van der Waals surface area contributed by atoms with Gasteiger partial charge < -0.3 is 5.32 Å². The van der Waals surface area contributed by atoms with Crippen LogP contribution in [0.2, 0.25) is 0 Å². The predicted octanol–water partition coefficient (Wildman–Crippen LogP) is 0.992. The van der Waals surface area contributed by atoms with Gasteiger partial charge in [-0.3, -0.25) is 9.79 Å². The van der Waals surface area contributed by atoms with Gasteiger partial charge in [0.2, 0.25) is 5.91 Å². The highest BCUT2D eigenvalue weighted by Gasteiger charge is 2.28. The lowest BCUT2D eigenvalue weighted by atomic mass is 9.94. The van der Waals surface area contributed by atoms with Crippen molar-refractivity contribution < 1.29 is 4.79 Å². The van der Waals surface area contributed by atoms with Crippen molar-refractivity contribution in [3.05, 3.63) is 0 Å². The fourth-order valence-electron chi connectivity index (χ4n) is 1.09. The van der Waals surface area contributed by atoms with Crippen molar-refractivity contribution in [1.29, 1.82) is 0 Å². The van der Waals surface area contributed by atoms with Gasteiger partial charge >= 0.3 is 0 Å². The second kappa shape index (κ2) is 3.25. The molecule has 0 aliphatic carbocycles. The van der Waals surface area contributed by atoms with Gasteiger partial charge in [-0.2, -0.15) is 0 Å². The minimum absolute atomic E-state index is 0.0715. The molecule has 0 fully saturated rings. The zero-order chi connectivity index (χ0) is 9.19. The first-order valence-electron chi connectivity index (χ1n) is 4.39. The van der Waals surface area contributed by atoms with Crippen molar-refractivity contribution in [3.8, 4) is 0 Å². The van der Waals surface area contributed by atoms with Crippen LogP contribution in [0, 0.1) is 5.41 Å². The molecule has 1 N–H and O–H groups in total. The van der Waals surface area contributed by atoms with Crippen LogP contribution < -0.4 is 5.32 Å². The Bertz CT molecular complexity index is 209. The molecule has 1 unspecified atom stereocenters. The van der Waals surface area contributed by atoms with Crippen LogP contribution in [0.25, 0.3) is 0 Å². The SMILES string of the molecule is CCC1CNC(=O)C(C)(C)C=N1. The minimum Gasteiger partial charge on any atom is -0.353 e. The molecule has 3 nitrogen and oxygen atoms in total. The van der Waals surface area contributed by atoms with E-state index in [0.29, 0.717) is 6.54 Å². The number of carbonyl (C=O) groups excluding carboxylic acids is 1. The summed E-state index contributed by atoms with van der Waals surface area (Å²) in [6.45, 7) is 6.51. The summed E-state index contributed by atoms with van der Waals surface area (Å²) >= 11 is 0. The van der Waals surface area contributed by atoms with Crippen molar-refractivity contribution in [2.24, 2.45) is 10.4 Å². The monoisotopic (exact) mass is 168 g/mol. The molecule has 0 radical (unpaired) electrons. The Morgan fingerprint density at radius 2 is 2.42 bits per heavy atom. The van der Waals surface area contributed by atoms with Gasteiger partial charge in [-0.15, -0.1) is 0 Å². The highest BCUT2D eigenvalue weighted by molar-refractivity contribution is 5.98. The average molecular weight is 168 g/mol. The van der Waals surface area contributed by atoms with E-state index in [4.69, 9.17) is 0 Å². The molecular formula is C9H16N2O. The number of hydrogen-bond acceptors (Lipinski definition) is 2. The standard InChI is InChI=1S/C9H16N2O/c1-4-7-5-10-8(12)9(2,3)6-11-7/h6-7H,4-5H2,1-3H3,(H,10,12). The van der Waals surface area contributed by atoms with Gasteiger partial charge in [0.05, 0.1) is 11.5 Å². The molecular weight excluding hydrogens is 152 g/mol. The Balaban J connectivity index is 2.75. The molecule has 0 saturated carbocycles. The number of aliphatic imine (C=N–C) groups is 1. The van der Waals surface area contributed by atoms with E-state index in [2.05, 4.69) is 17.2 Å². The van der Waals surface area contributed by atoms with Crippen molar-refractivity contribution in [2.45, 2.75) is 33.2 Å². The first-order chi connectivity index (χ1) is 5.56. The molecule has 1 amide bonds. The van der Waals surface area contributed by atoms with Crippen LogP contribution in [-0.2, 0) is 4.79 Å². The van der Waals surface area contributed by atoms with Crippen LogP contribution in [0.5, 0.6) is 0 Å². The fourth-order valence-corrected chi connectivity index (χ4v) is 1.09. The summed E-state index contributed by atoms with van der Waals surface area (Å²) in [5, 5.41) is 2.87. The van der Waals surface area contributed by atoms with Crippen LogP contribution in [0.15, 0.2) is 4.99 Å². The first-order valence-corrected chi connectivity index (χ1v) is 4.39. The molecule has 0 aromatic heterocycles. The largest absolute Gasteiger partial charge is 0.353 e. The van der Waals surface area contributed by atoms with Crippen LogP contribution in [-0.4, -0.2) is 24.7 Å². The Labute approximate surface area is 73.3 Å². The fraction of sp³-hybridized carbons (Fsp3) is 0.778. The highest BCUT2D eigenvalue weighted by Crippen LogP contribution is 2.15. The maximum atomic E-state index is 11.4. The third kappa shape index (κ3) is 1.84. The van der Waals surface area contributed by atoms with E-state index < -0.39 is 5.41 Å². The number of carbonyl (C=O) groups is 1. The van der Waals surface area contributed by atoms with Gasteiger partial charge in [0.15, 0.2) is 0 Å². The Morgan fingerprint density at radius 3 is 3.00 bits per heavy atom. The van der Waals surface area contributed by atoms with Gasteiger partial charge in [-0.25, -0.2) is 0 Å². The smallest absolute Gasteiger partial charge is 0.231 e. The molecule has 1 heterocycles. The topological polar surface area (TPSA) is 41.5 Å². The summed E-state index contributed by atoms with van der Waals surface area (Å²) in [4.78, 5) is 15.7. The number of amides is 1. The van der Waals surface area contributed by atoms with E-state index in [9.17, 15) is 4.79 Å². The molecule has 68 valence electrons. The quantitative estimate of drug-likeness (QED) is 0.623. The summed E-state index contributed by atoms with van der Waals surface area (Å²) in [6, 6.07) is 0.260. The Hall–Kier alpha value is -0.860. The molecule has 12 heavy (non-hydrogen) atoms. The average Bonchev–Trinajstić information content (AvgIpc) is 2.14. The van der Waals surface area contributed by atoms with Crippen molar-refractivity contribution in [1.82, 2.24) is 5.32 Å². The zero-order valence-corrected chi connectivity index (χ0v) is 7.92. The lowest BCUT2D eigenvalue weighted by Crippen LogP contribution is -2.37. The normalized spacial score (nSPS) is 27.9. The molecule has 1 atom stereocenters. The number of rotatable bonds is 1. The third-order valence-corrected chi connectivity index (χ3v) is 2.16. The van der Waals surface area contributed by atoms with Gasteiger partial charge in [-0.1, -0.05) is 6.92 Å². The molecule has 0 aromatic rings. The molecule has 1 rings (SSSR count). The molecule has 0 spiro atoms. The summed E-state index contributed by atoms with van der Waals surface area (Å²) in [5.74, 6) is 0.0715. The van der Waals surface area contributed by atoms with E-state index in [-0.39, 0.29) is 11.9 Å². The predicted molar refractivity (Wildman–Crippen MR) is 49.4 cm³/mol. The maximum Gasteiger partial charge on any atom is 0.231 e. The second-order valence-corrected chi connectivity index (χ2v) is 3.77. The van der Waals surface area contributed by atoms with E-state index in [1.807, 2.05) is 13.8 Å². The number of hydrogen-bond donors (Lipinski definition) is 1. The second-order valence-electron chi connectivity index (χ2n) is 3.77. The summed E-state index contributed by atoms with van der Waals surface area (Å²) < 4.78 is 0. The van der Waals surface area contributed by atoms with Gasteiger partial charge in [0.1, 0.15) is 0 Å². The number of nitrogens with one attached hydrogen (secondary N) is 1. The Morgan fingerprint density at radius 1 is 1.75 bits per heavy atom. The lowest BCUT2D eigenvalue weighted by molar-refractivity contribution is -0.125. The van der Waals surface area contributed by atoms with Crippen molar-refractivity contribution in [2.75, 3.05) is 6.54 Å². The summed E-state index contributed by atoms with van der Waals surface area (Å²) in [6.07, 6.45) is 2.75. The van der Waals surface area contributed by atoms with E-state index in [1.54, 1.807) is 6.21 Å². The van der Waals surface area contributed by atoms with Crippen LogP contribution >= 0.6 is 0 Å². The van der Waals surface area contributed by atoms with E-state index in [1.165, 1.54) is 0 Å². The van der Waals surface area contributed by atoms with E-state index in [0.717, 1.165) is 6.42 Å². The lowest BCUT2D eigenvalue weighted by Gasteiger charge is -2.15. The Kier molecular flexibility index (Phi) is 2.50. The van der Waals surface area contributed by atoms with E-state index >= 15 is 0 Å². The van der Waals surface area contributed by atoms with Crippen LogP contribution in [0.3, 0.4) is 0 Å². The molecule has 0 saturated heterocycles. The van der Waals surface area contributed by atoms with Gasteiger partial charge in [0.25, 0.3) is 0 Å². The molecule has 1 aliphatic rings. The van der Waals surface area contributed by atoms with Gasteiger partial charge in [0, 0.05) is 12.8 Å². The van der Waals surface area contributed by atoms with Crippen LogP contribution in [0.1, 0.15) is 27.2 Å². The highest BCUT2D eigenvalue weighted by atomic mass is 16.2. The van der Waals surface area contributed by atoms with Gasteiger partial charge in [-0.05, 0) is 20.3 Å². The maximum absolute atomic E-state index is 11.4. The zero-order valence-electron chi connectivity index (χ0n) is 7.92. The summed E-state index contributed by atoms with van der Waals surface area (Å²) in [7, 11) is 0. The van der Waals surface area contributed by atoms with Crippen LogP contribution in [0.4, 0.5) is 0 Å². The summed E-state index contributed by atoms with van der Waals surface area (Å²) in [5.41, 5.74) is -0.441. The minimum atomic E-state index is -0.441. The molecule has 0 bridgehead atoms. The number of nitrogens with zero attached hydrogens (tertiary/aromatic N) is 1. The third-order valence-electron chi connectivity index (χ3n) is 2.16. The van der Waals surface area contributed by atoms with Crippen molar-refractivity contribution >= 4 is 12.1 Å². The molecule has 1 aliphatic heterocycles. The van der Waals surface area contributed by atoms with Crippen molar-refractivity contribution in [3.63, 3.8) is 0 Å². The molecule has 3 heteroatoms.